The maximum Gasteiger partial charge on any atom is 0.336 e. The Kier molecular flexibility index (Phi) is 2.32. The summed E-state index contributed by atoms with van der Waals surface area (Å²) in [5.74, 6) is -0.965. The summed E-state index contributed by atoms with van der Waals surface area (Å²) >= 11 is 5.81. The zero-order chi connectivity index (χ0) is 11.0. The normalized spacial score (nSPS) is 10.5. The van der Waals surface area contributed by atoms with Crippen LogP contribution in [0.1, 0.15) is 16.1 Å². The van der Waals surface area contributed by atoms with Gasteiger partial charge in [0.05, 0.1) is 11.1 Å². The van der Waals surface area contributed by atoms with Crippen LogP contribution < -0.4 is 0 Å². The topological polar surface area (TPSA) is 50.2 Å². The first-order valence-corrected chi connectivity index (χ1v) is 4.76. The van der Waals surface area contributed by atoms with E-state index in [0.29, 0.717) is 21.6 Å². The smallest absolute Gasteiger partial charge is 0.336 e. The number of carboxylic acids is 1. The predicted molar refractivity (Wildman–Crippen MR) is 58.4 cm³/mol. The lowest BCUT2D eigenvalue weighted by atomic mass is 10.1. The van der Waals surface area contributed by atoms with E-state index in [1.165, 1.54) is 0 Å². The van der Waals surface area contributed by atoms with Crippen LogP contribution in [0.2, 0.25) is 5.02 Å². The van der Waals surface area contributed by atoms with Gasteiger partial charge in [-0.2, -0.15) is 0 Å². The number of aromatic nitrogens is 1. The Bertz CT molecular complexity index is 552. The van der Waals surface area contributed by atoms with Crippen LogP contribution in [0, 0.1) is 6.92 Å². The summed E-state index contributed by atoms with van der Waals surface area (Å²) in [5.41, 5.74) is 1.57. The second kappa shape index (κ2) is 3.51. The van der Waals surface area contributed by atoms with Crippen molar-refractivity contribution in [3.8, 4) is 0 Å². The van der Waals surface area contributed by atoms with Gasteiger partial charge in [0, 0.05) is 16.1 Å². The zero-order valence-corrected chi connectivity index (χ0v) is 8.75. The van der Waals surface area contributed by atoms with Crippen molar-refractivity contribution in [2.75, 3.05) is 0 Å². The maximum atomic E-state index is 11.0. The second-order valence-electron chi connectivity index (χ2n) is 3.28. The van der Waals surface area contributed by atoms with Crippen LogP contribution in [0.15, 0.2) is 24.3 Å². The van der Waals surface area contributed by atoms with Gasteiger partial charge in [-0.25, -0.2) is 4.79 Å². The van der Waals surface area contributed by atoms with Crippen molar-refractivity contribution in [2.45, 2.75) is 6.92 Å². The molecule has 1 N–H and O–H groups in total. The van der Waals surface area contributed by atoms with E-state index >= 15 is 0 Å². The van der Waals surface area contributed by atoms with Crippen molar-refractivity contribution in [1.29, 1.82) is 0 Å². The number of carboxylic acid groups (broad SMARTS) is 1. The average molecular weight is 222 g/mol. The number of fused-ring (bicyclic) bond motifs is 1. The van der Waals surface area contributed by atoms with Crippen molar-refractivity contribution in [1.82, 2.24) is 4.98 Å². The van der Waals surface area contributed by atoms with E-state index in [2.05, 4.69) is 4.98 Å². The molecule has 0 aliphatic carbocycles. The molecule has 0 saturated carbocycles. The molecule has 1 aromatic carbocycles. The lowest BCUT2D eigenvalue weighted by Gasteiger charge is -2.04. The van der Waals surface area contributed by atoms with E-state index in [0.717, 1.165) is 0 Å². The fourth-order valence-corrected chi connectivity index (χ4v) is 1.68. The minimum atomic E-state index is -0.965. The maximum absolute atomic E-state index is 11.0. The largest absolute Gasteiger partial charge is 0.478 e. The molecule has 1 heterocycles. The van der Waals surface area contributed by atoms with Crippen LogP contribution in [0.5, 0.6) is 0 Å². The summed E-state index contributed by atoms with van der Waals surface area (Å²) in [6, 6.07) is 6.58. The van der Waals surface area contributed by atoms with Crippen molar-refractivity contribution in [3.05, 3.63) is 40.5 Å². The SMILES string of the molecule is Cc1cc(C(=O)O)c2cc(Cl)ccc2n1. The first kappa shape index (κ1) is 9.93. The third-order valence-electron chi connectivity index (χ3n) is 2.13. The highest BCUT2D eigenvalue weighted by Crippen LogP contribution is 2.22. The molecule has 3 nitrogen and oxygen atoms in total. The molecule has 2 rings (SSSR count). The highest BCUT2D eigenvalue weighted by molar-refractivity contribution is 6.31. The van der Waals surface area contributed by atoms with Crippen LogP contribution >= 0.6 is 11.6 Å². The Hall–Kier alpha value is -1.61. The molecule has 0 bridgehead atoms. The monoisotopic (exact) mass is 221 g/mol. The van der Waals surface area contributed by atoms with Gasteiger partial charge in [0.25, 0.3) is 0 Å². The molecular formula is C11H8ClNO2. The molecule has 0 spiro atoms. The quantitative estimate of drug-likeness (QED) is 0.806. The van der Waals surface area contributed by atoms with Crippen molar-refractivity contribution in [2.24, 2.45) is 0 Å². The third-order valence-corrected chi connectivity index (χ3v) is 2.36. The van der Waals surface area contributed by atoms with Gasteiger partial charge < -0.3 is 5.11 Å². The molecule has 15 heavy (non-hydrogen) atoms. The Morgan fingerprint density at radius 2 is 2.13 bits per heavy atom. The molecule has 1 aromatic heterocycles. The Labute approximate surface area is 91.3 Å². The zero-order valence-electron chi connectivity index (χ0n) is 7.99. The van der Waals surface area contributed by atoms with Crippen LogP contribution in [0.25, 0.3) is 10.9 Å². The molecule has 0 aliphatic rings. The molecule has 4 heteroatoms. The van der Waals surface area contributed by atoms with Gasteiger partial charge in [-0.15, -0.1) is 0 Å². The number of pyridine rings is 1. The van der Waals surface area contributed by atoms with Gasteiger partial charge in [0.15, 0.2) is 0 Å². The van der Waals surface area contributed by atoms with Crippen LogP contribution in [0.3, 0.4) is 0 Å². The first-order valence-electron chi connectivity index (χ1n) is 4.38. The highest BCUT2D eigenvalue weighted by Gasteiger charge is 2.10. The van der Waals surface area contributed by atoms with Crippen molar-refractivity contribution in [3.63, 3.8) is 0 Å². The highest BCUT2D eigenvalue weighted by atomic mass is 35.5. The summed E-state index contributed by atoms with van der Waals surface area (Å²) < 4.78 is 0. The second-order valence-corrected chi connectivity index (χ2v) is 3.71. The Balaban J connectivity index is 2.87. The van der Waals surface area contributed by atoms with Gasteiger partial charge in [-0.3, -0.25) is 4.98 Å². The van der Waals surface area contributed by atoms with E-state index in [1.807, 2.05) is 0 Å². The van der Waals surface area contributed by atoms with E-state index in [1.54, 1.807) is 31.2 Å². The molecule has 0 fully saturated rings. The summed E-state index contributed by atoms with van der Waals surface area (Å²) in [7, 11) is 0. The lowest BCUT2D eigenvalue weighted by Crippen LogP contribution is -2.00. The Morgan fingerprint density at radius 1 is 1.40 bits per heavy atom. The number of carbonyl (C=O) groups is 1. The minimum absolute atomic E-state index is 0.236. The molecule has 0 saturated heterocycles. The molecule has 0 radical (unpaired) electrons. The molecular weight excluding hydrogens is 214 g/mol. The van der Waals surface area contributed by atoms with Crippen molar-refractivity contribution < 1.29 is 9.90 Å². The summed E-state index contributed by atoms with van der Waals surface area (Å²) in [6.07, 6.45) is 0. The molecule has 0 unspecified atom stereocenters. The summed E-state index contributed by atoms with van der Waals surface area (Å²) in [5, 5.41) is 10.1. The number of halogens is 1. The molecule has 2 aromatic rings. The predicted octanol–water partition coefficient (Wildman–Crippen LogP) is 2.89. The molecule has 0 atom stereocenters. The minimum Gasteiger partial charge on any atom is -0.478 e. The summed E-state index contributed by atoms with van der Waals surface area (Å²) in [4.78, 5) is 15.2. The number of benzene rings is 1. The molecule has 76 valence electrons. The van der Waals surface area contributed by atoms with E-state index in [4.69, 9.17) is 16.7 Å². The molecule has 0 aliphatic heterocycles. The van der Waals surface area contributed by atoms with Gasteiger partial charge in [0.2, 0.25) is 0 Å². The van der Waals surface area contributed by atoms with Gasteiger partial charge in [-0.1, -0.05) is 11.6 Å². The van der Waals surface area contributed by atoms with Crippen LogP contribution in [0.4, 0.5) is 0 Å². The van der Waals surface area contributed by atoms with Crippen molar-refractivity contribution >= 4 is 28.5 Å². The number of aromatic carboxylic acids is 1. The number of hydrogen-bond acceptors (Lipinski definition) is 2. The standard InChI is InChI=1S/C11H8ClNO2/c1-6-4-9(11(14)15)8-5-7(12)2-3-10(8)13-6/h2-5H,1H3,(H,14,15). The van der Waals surface area contributed by atoms with Gasteiger partial charge >= 0.3 is 5.97 Å². The number of hydrogen-bond donors (Lipinski definition) is 1. The number of aryl methyl sites for hydroxylation is 1. The average Bonchev–Trinajstić information content (AvgIpc) is 2.17. The first-order chi connectivity index (χ1) is 7.08. The lowest BCUT2D eigenvalue weighted by molar-refractivity contribution is 0.0699. The number of nitrogens with zero attached hydrogens (tertiary/aromatic N) is 1. The van der Waals surface area contributed by atoms with Crippen LogP contribution in [-0.4, -0.2) is 16.1 Å². The molecule has 0 amide bonds. The fraction of sp³-hybridized carbons (Fsp3) is 0.0909. The Morgan fingerprint density at radius 3 is 2.80 bits per heavy atom. The van der Waals surface area contributed by atoms with Gasteiger partial charge in [0.1, 0.15) is 0 Å². The van der Waals surface area contributed by atoms with Gasteiger partial charge in [-0.05, 0) is 31.2 Å². The van der Waals surface area contributed by atoms with E-state index in [-0.39, 0.29) is 5.56 Å². The van der Waals surface area contributed by atoms with E-state index in [9.17, 15) is 4.79 Å². The van der Waals surface area contributed by atoms with Crippen LogP contribution in [-0.2, 0) is 0 Å². The summed E-state index contributed by atoms with van der Waals surface area (Å²) in [6.45, 7) is 1.76. The third kappa shape index (κ3) is 1.78. The van der Waals surface area contributed by atoms with E-state index < -0.39 is 5.97 Å². The number of rotatable bonds is 1. The fourth-order valence-electron chi connectivity index (χ4n) is 1.51.